The van der Waals surface area contributed by atoms with Crippen molar-refractivity contribution in [1.29, 1.82) is 0 Å². The summed E-state index contributed by atoms with van der Waals surface area (Å²) in [7, 11) is 0. The topological polar surface area (TPSA) is 37.5 Å². The van der Waals surface area contributed by atoms with E-state index in [2.05, 4.69) is 30.2 Å². The van der Waals surface area contributed by atoms with Crippen molar-refractivity contribution in [1.82, 2.24) is 5.32 Å². The zero-order valence-corrected chi connectivity index (χ0v) is 11.0. The molecule has 2 atom stereocenters. The van der Waals surface area contributed by atoms with Gasteiger partial charge in [0.25, 0.3) is 0 Å². The lowest BCUT2D eigenvalue weighted by molar-refractivity contribution is 0.497. The number of hydrogen-bond donors (Lipinski definition) is 1. The van der Waals surface area contributed by atoms with E-state index in [4.69, 9.17) is 4.42 Å². The first kappa shape index (κ1) is 11.6. The first-order valence-corrected chi connectivity index (χ1v) is 6.49. The van der Waals surface area contributed by atoms with Gasteiger partial charge in [-0.15, -0.1) is 0 Å². The van der Waals surface area contributed by atoms with Crippen LogP contribution < -0.4 is 5.32 Å². The standard InChI is InChI=1S/C12H18N2OS/c1-7-5-11(10(4)15-7)9(3)14-12-13-6-8(2)16-12/h5,8-9H,6H2,1-4H3,(H,13,14). The highest BCUT2D eigenvalue weighted by Gasteiger charge is 2.19. The predicted octanol–water partition coefficient (Wildman–Crippen LogP) is 3.04. The zero-order chi connectivity index (χ0) is 11.7. The van der Waals surface area contributed by atoms with E-state index in [0.29, 0.717) is 5.25 Å². The van der Waals surface area contributed by atoms with Crippen LogP contribution in [0.4, 0.5) is 0 Å². The molecule has 1 aromatic heterocycles. The molecular weight excluding hydrogens is 220 g/mol. The third-order valence-corrected chi connectivity index (χ3v) is 3.71. The second kappa shape index (κ2) is 4.53. The number of nitrogens with one attached hydrogen (secondary N) is 1. The van der Waals surface area contributed by atoms with Crippen molar-refractivity contribution in [3.05, 3.63) is 23.2 Å². The molecule has 4 heteroatoms. The van der Waals surface area contributed by atoms with Gasteiger partial charge in [0.2, 0.25) is 0 Å². The van der Waals surface area contributed by atoms with Gasteiger partial charge in [-0.25, -0.2) is 0 Å². The maximum absolute atomic E-state index is 5.53. The maximum Gasteiger partial charge on any atom is 0.157 e. The molecule has 0 saturated heterocycles. The molecule has 0 aromatic carbocycles. The van der Waals surface area contributed by atoms with E-state index in [1.807, 2.05) is 25.6 Å². The lowest BCUT2D eigenvalue weighted by Gasteiger charge is -2.13. The zero-order valence-electron chi connectivity index (χ0n) is 10.2. The lowest BCUT2D eigenvalue weighted by Crippen LogP contribution is -2.23. The molecule has 2 rings (SSSR count). The van der Waals surface area contributed by atoms with Gasteiger partial charge in [0.15, 0.2) is 5.17 Å². The van der Waals surface area contributed by atoms with E-state index >= 15 is 0 Å². The molecule has 0 radical (unpaired) electrons. The molecular formula is C12H18N2OS. The molecule has 1 aromatic rings. The molecule has 3 nitrogen and oxygen atoms in total. The summed E-state index contributed by atoms with van der Waals surface area (Å²) in [4.78, 5) is 4.46. The molecule has 2 heterocycles. The van der Waals surface area contributed by atoms with Crippen molar-refractivity contribution in [2.75, 3.05) is 6.54 Å². The van der Waals surface area contributed by atoms with Gasteiger partial charge < -0.3 is 9.73 Å². The Morgan fingerprint density at radius 2 is 2.31 bits per heavy atom. The van der Waals surface area contributed by atoms with Crippen LogP contribution in [0.1, 0.15) is 37.0 Å². The van der Waals surface area contributed by atoms with Gasteiger partial charge in [-0.3, -0.25) is 4.99 Å². The van der Waals surface area contributed by atoms with Crippen molar-refractivity contribution in [3.63, 3.8) is 0 Å². The van der Waals surface area contributed by atoms with E-state index in [1.165, 1.54) is 5.56 Å². The molecule has 0 amide bonds. The molecule has 88 valence electrons. The number of furan rings is 1. The van der Waals surface area contributed by atoms with E-state index < -0.39 is 0 Å². The number of nitrogens with zero attached hydrogens (tertiary/aromatic N) is 1. The highest BCUT2D eigenvalue weighted by molar-refractivity contribution is 8.14. The predicted molar refractivity (Wildman–Crippen MR) is 69.1 cm³/mol. The Hall–Kier alpha value is -0.900. The van der Waals surface area contributed by atoms with Crippen molar-refractivity contribution >= 4 is 16.9 Å². The Kier molecular flexibility index (Phi) is 3.28. The van der Waals surface area contributed by atoms with Crippen LogP contribution in [0.5, 0.6) is 0 Å². The summed E-state index contributed by atoms with van der Waals surface area (Å²) in [6.45, 7) is 9.24. The first-order valence-electron chi connectivity index (χ1n) is 5.61. The van der Waals surface area contributed by atoms with Crippen molar-refractivity contribution in [2.45, 2.75) is 39.0 Å². The van der Waals surface area contributed by atoms with Crippen molar-refractivity contribution in [2.24, 2.45) is 4.99 Å². The number of aliphatic imine (C=N–C) groups is 1. The van der Waals surface area contributed by atoms with Crippen LogP contribution in [0.3, 0.4) is 0 Å². The monoisotopic (exact) mass is 238 g/mol. The van der Waals surface area contributed by atoms with Gasteiger partial charge in [0.05, 0.1) is 12.6 Å². The number of thioether (sulfide) groups is 1. The molecule has 0 fully saturated rings. The van der Waals surface area contributed by atoms with Crippen LogP contribution in [0, 0.1) is 13.8 Å². The van der Waals surface area contributed by atoms with Crippen LogP contribution in [0.2, 0.25) is 0 Å². The van der Waals surface area contributed by atoms with Crippen LogP contribution >= 0.6 is 11.8 Å². The normalized spacial score (nSPS) is 22.0. The molecule has 0 saturated carbocycles. The van der Waals surface area contributed by atoms with Crippen LogP contribution in [0.15, 0.2) is 15.5 Å². The van der Waals surface area contributed by atoms with Gasteiger partial charge in [-0.1, -0.05) is 18.7 Å². The minimum absolute atomic E-state index is 0.258. The Bertz CT molecular complexity index is 411. The molecule has 0 bridgehead atoms. The SMILES string of the molecule is Cc1cc(C(C)NC2=NCC(C)S2)c(C)o1. The fraction of sp³-hybridized carbons (Fsp3) is 0.583. The molecule has 1 aliphatic heterocycles. The summed E-state index contributed by atoms with van der Waals surface area (Å²) < 4.78 is 5.53. The largest absolute Gasteiger partial charge is 0.466 e. The second-order valence-corrected chi connectivity index (χ2v) is 5.74. The van der Waals surface area contributed by atoms with E-state index in [9.17, 15) is 0 Å². The Morgan fingerprint density at radius 1 is 1.56 bits per heavy atom. The smallest absolute Gasteiger partial charge is 0.157 e. The number of rotatable bonds is 2. The second-order valence-electron chi connectivity index (χ2n) is 4.31. The Labute approximate surface area is 101 Å². The average molecular weight is 238 g/mol. The minimum Gasteiger partial charge on any atom is -0.466 e. The van der Waals surface area contributed by atoms with Crippen molar-refractivity contribution in [3.8, 4) is 0 Å². The summed E-state index contributed by atoms with van der Waals surface area (Å²) in [5, 5.41) is 5.09. The summed E-state index contributed by atoms with van der Waals surface area (Å²) in [6.07, 6.45) is 0. The molecule has 0 spiro atoms. The fourth-order valence-electron chi connectivity index (χ4n) is 1.90. The Morgan fingerprint density at radius 3 is 2.81 bits per heavy atom. The highest BCUT2D eigenvalue weighted by Crippen LogP contribution is 2.24. The summed E-state index contributed by atoms with van der Waals surface area (Å²) >= 11 is 1.81. The number of hydrogen-bond acceptors (Lipinski definition) is 4. The van der Waals surface area contributed by atoms with Gasteiger partial charge in [-0.05, 0) is 26.8 Å². The quantitative estimate of drug-likeness (QED) is 0.860. The molecule has 0 aliphatic carbocycles. The minimum atomic E-state index is 0.258. The van der Waals surface area contributed by atoms with Gasteiger partial charge in [0, 0.05) is 10.8 Å². The van der Waals surface area contributed by atoms with Crippen LogP contribution in [0.25, 0.3) is 0 Å². The first-order chi connectivity index (χ1) is 7.56. The van der Waals surface area contributed by atoms with Crippen LogP contribution in [-0.2, 0) is 0 Å². The van der Waals surface area contributed by atoms with Gasteiger partial charge in [-0.2, -0.15) is 0 Å². The number of amidine groups is 1. The van der Waals surface area contributed by atoms with Gasteiger partial charge >= 0.3 is 0 Å². The number of aryl methyl sites for hydroxylation is 2. The lowest BCUT2D eigenvalue weighted by atomic mass is 10.1. The molecule has 16 heavy (non-hydrogen) atoms. The average Bonchev–Trinajstić information content (AvgIpc) is 2.73. The summed E-state index contributed by atoms with van der Waals surface area (Å²) in [5.74, 6) is 1.96. The molecule has 1 aliphatic rings. The fourth-order valence-corrected chi connectivity index (χ4v) is 2.82. The molecule has 2 unspecified atom stereocenters. The summed E-state index contributed by atoms with van der Waals surface area (Å²) in [6, 6.07) is 2.35. The third kappa shape index (κ3) is 2.43. The van der Waals surface area contributed by atoms with Gasteiger partial charge in [0.1, 0.15) is 11.5 Å². The highest BCUT2D eigenvalue weighted by atomic mass is 32.2. The summed E-state index contributed by atoms with van der Waals surface area (Å²) in [5.41, 5.74) is 1.22. The molecule has 1 N–H and O–H groups in total. The van der Waals surface area contributed by atoms with Crippen molar-refractivity contribution < 1.29 is 4.42 Å². The Balaban J connectivity index is 2.03. The van der Waals surface area contributed by atoms with E-state index in [-0.39, 0.29) is 6.04 Å². The van der Waals surface area contributed by atoms with E-state index in [1.54, 1.807) is 0 Å². The maximum atomic E-state index is 5.53. The van der Waals surface area contributed by atoms with E-state index in [0.717, 1.165) is 23.2 Å². The van der Waals surface area contributed by atoms with Crippen LogP contribution in [-0.4, -0.2) is 17.0 Å². The third-order valence-electron chi connectivity index (χ3n) is 2.69.